The Hall–Kier alpha value is -3.40. The lowest BCUT2D eigenvalue weighted by molar-refractivity contribution is -0.137. The van der Waals surface area contributed by atoms with Gasteiger partial charge in [-0.3, -0.25) is 9.59 Å². The van der Waals surface area contributed by atoms with Crippen LogP contribution in [0.2, 0.25) is 0 Å². The number of benzene rings is 2. The van der Waals surface area contributed by atoms with E-state index in [1.807, 2.05) is 31.2 Å². The van der Waals surface area contributed by atoms with Crippen molar-refractivity contribution in [1.82, 2.24) is 15.6 Å². The summed E-state index contributed by atoms with van der Waals surface area (Å²) in [5.74, 6) is -0.252. The lowest BCUT2D eigenvalue weighted by atomic mass is 9.90. The number of hydrogen-bond acceptors (Lipinski definition) is 5. The maximum absolute atomic E-state index is 13.0. The number of carbonyl (C=O) groups excluding carboxylic acids is 2. The lowest BCUT2D eigenvalue weighted by Crippen LogP contribution is -2.53. The van der Waals surface area contributed by atoms with Crippen molar-refractivity contribution in [3.63, 3.8) is 0 Å². The fourth-order valence-corrected chi connectivity index (χ4v) is 4.75. The Bertz CT molecular complexity index is 1210. The molecule has 0 bridgehead atoms. The van der Waals surface area contributed by atoms with E-state index in [4.69, 9.17) is 4.74 Å². The number of halogens is 3. The van der Waals surface area contributed by atoms with Crippen molar-refractivity contribution in [2.75, 3.05) is 0 Å². The monoisotopic (exact) mass is 517 g/mol. The van der Waals surface area contributed by atoms with Crippen LogP contribution in [0.1, 0.15) is 62.7 Å². The molecule has 1 saturated carbocycles. The maximum atomic E-state index is 13.0. The van der Waals surface area contributed by atoms with E-state index >= 15 is 0 Å². The molecule has 1 fully saturated rings. The highest BCUT2D eigenvalue weighted by molar-refractivity contribution is 7.09. The summed E-state index contributed by atoms with van der Waals surface area (Å²) in [5.41, 5.74) is 0.436. The average molecular weight is 518 g/mol. The molecule has 190 valence electrons. The third-order valence-corrected chi connectivity index (χ3v) is 6.84. The summed E-state index contributed by atoms with van der Waals surface area (Å²) in [7, 11) is 0. The zero-order valence-electron chi connectivity index (χ0n) is 19.6. The Labute approximate surface area is 210 Å². The van der Waals surface area contributed by atoms with Crippen molar-refractivity contribution in [3.8, 4) is 5.75 Å². The number of aryl methyl sites for hydroxylation is 1. The Morgan fingerprint density at radius 2 is 1.69 bits per heavy atom. The van der Waals surface area contributed by atoms with Gasteiger partial charge in [0.2, 0.25) is 0 Å². The van der Waals surface area contributed by atoms with Gasteiger partial charge in [-0.1, -0.05) is 36.6 Å². The lowest BCUT2D eigenvalue weighted by Gasteiger charge is -2.32. The van der Waals surface area contributed by atoms with Gasteiger partial charge in [0.05, 0.1) is 5.56 Å². The van der Waals surface area contributed by atoms with E-state index in [0.29, 0.717) is 23.6 Å². The van der Waals surface area contributed by atoms with E-state index in [2.05, 4.69) is 15.6 Å². The highest BCUT2D eigenvalue weighted by Crippen LogP contribution is 2.29. The number of thiazole rings is 1. The molecule has 3 aromatic rings. The molecule has 0 radical (unpaired) electrons. The number of aromatic nitrogens is 1. The second-order valence-electron chi connectivity index (χ2n) is 8.75. The van der Waals surface area contributed by atoms with Crippen LogP contribution in [-0.4, -0.2) is 28.9 Å². The van der Waals surface area contributed by atoms with Gasteiger partial charge >= 0.3 is 6.18 Å². The molecule has 0 unspecified atom stereocenters. The second-order valence-corrected chi connectivity index (χ2v) is 9.69. The van der Waals surface area contributed by atoms with Crippen molar-refractivity contribution < 1.29 is 27.5 Å². The molecule has 2 N–H and O–H groups in total. The molecule has 1 heterocycles. The summed E-state index contributed by atoms with van der Waals surface area (Å²) in [6.45, 7) is 2.23. The number of carbonyl (C=O) groups is 2. The van der Waals surface area contributed by atoms with Gasteiger partial charge in [-0.05, 0) is 50.1 Å². The molecule has 10 heteroatoms. The topological polar surface area (TPSA) is 80.3 Å². The van der Waals surface area contributed by atoms with Crippen LogP contribution in [0.25, 0.3) is 0 Å². The third-order valence-electron chi connectivity index (χ3n) is 6.02. The van der Waals surface area contributed by atoms with E-state index in [1.165, 1.54) is 23.5 Å². The van der Waals surface area contributed by atoms with Gasteiger partial charge in [0.25, 0.3) is 11.8 Å². The number of rotatable bonds is 7. The van der Waals surface area contributed by atoms with Gasteiger partial charge in [-0.15, -0.1) is 11.3 Å². The first-order valence-corrected chi connectivity index (χ1v) is 12.5. The van der Waals surface area contributed by atoms with Crippen LogP contribution < -0.4 is 15.4 Å². The summed E-state index contributed by atoms with van der Waals surface area (Å²) < 4.78 is 44.8. The van der Waals surface area contributed by atoms with E-state index in [1.54, 1.807) is 5.38 Å². The molecule has 36 heavy (non-hydrogen) atoms. The van der Waals surface area contributed by atoms with Gasteiger partial charge in [0, 0.05) is 23.0 Å². The molecular weight excluding hydrogens is 491 g/mol. The second kappa shape index (κ2) is 11.1. The van der Waals surface area contributed by atoms with Crippen LogP contribution in [0.15, 0.2) is 53.9 Å². The van der Waals surface area contributed by atoms with E-state index in [9.17, 15) is 22.8 Å². The van der Waals surface area contributed by atoms with Crippen LogP contribution >= 0.6 is 11.3 Å². The minimum Gasteiger partial charge on any atom is -0.486 e. The number of hydrogen-bond donors (Lipinski definition) is 2. The summed E-state index contributed by atoms with van der Waals surface area (Å²) in [6, 6.07) is 11.2. The van der Waals surface area contributed by atoms with Crippen LogP contribution in [0, 0.1) is 6.92 Å². The smallest absolute Gasteiger partial charge is 0.416 e. The summed E-state index contributed by atoms with van der Waals surface area (Å²) >= 11 is 1.32. The Kier molecular flexibility index (Phi) is 7.93. The van der Waals surface area contributed by atoms with Crippen LogP contribution in [-0.2, 0) is 12.8 Å². The van der Waals surface area contributed by atoms with Gasteiger partial charge in [-0.2, -0.15) is 13.2 Å². The first-order valence-electron chi connectivity index (χ1n) is 11.6. The molecule has 0 aliphatic heterocycles. The highest BCUT2D eigenvalue weighted by Gasteiger charge is 2.32. The standard InChI is InChI=1S/C26H26F3N3O3S/c1-16-9-11-19(12-10-16)35-14-23-30-22(15-36-23)25(34)32-21-8-3-2-7-20(21)31-24(33)17-5-4-6-18(13-17)26(27,28)29/h4-6,9-13,15,20-21H,2-3,7-8,14H2,1H3,(H,31,33)(H,32,34)/t20-,21+/m1/s1. The molecule has 2 amide bonds. The van der Waals surface area contributed by atoms with Gasteiger partial charge in [-0.25, -0.2) is 4.98 Å². The number of alkyl halides is 3. The van der Waals surface area contributed by atoms with E-state index in [-0.39, 0.29) is 29.8 Å². The van der Waals surface area contributed by atoms with Crippen molar-refractivity contribution >= 4 is 23.2 Å². The molecule has 4 rings (SSSR count). The zero-order chi connectivity index (χ0) is 25.7. The average Bonchev–Trinajstić information content (AvgIpc) is 3.34. The summed E-state index contributed by atoms with van der Waals surface area (Å²) in [6.07, 6.45) is -1.56. The molecule has 1 aromatic heterocycles. The van der Waals surface area contributed by atoms with Crippen molar-refractivity contribution in [2.45, 2.75) is 57.5 Å². The minimum atomic E-state index is -4.53. The van der Waals surface area contributed by atoms with Gasteiger partial charge in [0.15, 0.2) is 0 Å². The van der Waals surface area contributed by atoms with Crippen molar-refractivity contribution in [3.05, 3.63) is 81.3 Å². The molecule has 1 aliphatic carbocycles. The largest absolute Gasteiger partial charge is 0.486 e. The third kappa shape index (κ3) is 6.63. The molecule has 6 nitrogen and oxygen atoms in total. The number of amides is 2. The highest BCUT2D eigenvalue weighted by atomic mass is 32.1. The molecule has 1 aliphatic rings. The Balaban J connectivity index is 1.35. The Morgan fingerprint density at radius 3 is 2.36 bits per heavy atom. The van der Waals surface area contributed by atoms with E-state index < -0.39 is 23.7 Å². The summed E-state index contributed by atoms with van der Waals surface area (Å²) in [4.78, 5) is 29.9. The Morgan fingerprint density at radius 1 is 1.03 bits per heavy atom. The quantitative estimate of drug-likeness (QED) is 0.433. The molecule has 0 spiro atoms. The fourth-order valence-electron chi connectivity index (χ4n) is 4.07. The first kappa shape index (κ1) is 25.7. The maximum Gasteiger partial charge on any atom is 0.416 e. The SMILES string of the molecule is Cc1ccc(OCc2nc(C(=O)N[C@H]3CCCC[C@H]3NC(=O)c3cccc(C(F)(F)F)c3)cs2)cc1. The molecular formula is C26H26F3N3O3S. The number of ether oxygens (including phenoxy) is 1. The van der Waals surface area contributed by atoms with Crippen molar-refractivity contribution in [2.24, 2.45) is 0 Å². The normalized spacial score (nSPS) is 17.9. The van der Waals surface area contributed by atoms with E-state index in [0.717, 1.165) is 30.5 Å². The minimum absolute atomic E-state index is 0.0711. The predicted molar refractivity (Wildman–Crippen MR) is 130 cm³/mol. The van der Waals surface area contributed by atoms with Gasteiger partial charge < -0.3 is 15.4 Å². The molecule has 2 aromatic carbocycles. The molecule has 2 atom stereocenters. The number of nitrogens with one attached hydrogen (secondary N) is 2. The number of nitrogens with zero attached hydrogens (tertiary/aromatic N) is 1. The zero-order valence-corrected chi connectivity index (χ0v) is 20.4. The van der Waals surface area contributed by atoms with Gasteiger partial charge in [0.1, 0.15) is 23.1 Å². The first-order chi connectivity index (χ1) is 17.2. The molecule has 0 saturated heterocycles. The van der Waals surface area contributed by atoms with Crippen LogP contribution in [0.4, 0.5) is 13.2 Å². The summed E-state index contributed by atoms with van der Waals surface area (Å²) in [5, 5.41) is 8.06. The van der Waals surface area contributed by atoms with Crippen molar-refractivity contribution in [1.29, 1.82) is 0 Å². The fraction of sp³-hybridized carbons (Fsp3) is 0.346. The van der Waals surface area contributed by atoms with Crippen LogP contribution in [0.5, 0.6) is 5.75 Å². The predicted octanol–water partition coefficient (Wildman–Crippen LogP) is 5.52. The van der Waals surface area contributed by atoms with Crippen LogP contribution in [0.3, 0.4) is 0 Å².